The van der Waals surface area contributed by atoms with Gasteiger partial charge >= 0.3 is 5.76 Å². The molecule has 7 nitrogen and oxygen atoms in total. The Morgan fingerprint density at radius 1 is 1.48 bits per heavy atom. The highest BCUT2D eigenvalue weighted by molar-refractivity contribution is 7.89. The van der Waals surface area contributed by atoms with Gasteiger partial charge in [-0.05, 0) is 30.9 Å². The first-order chi connectivity index (χ1) is 9.88. The van der Waals surface area contributed by atoms with Crippen molar-refractivity contribution in [3.8, 4) is 0 Å². The van der Waals surface area contributed by atoms with E-state index < -0.39 is 15.8 Å². The van der Waals surface area contributed by atoms with Gasteiger partial charge in [0, 0.05) is 25.7 Å². The quantitative estimate of drug-likeness (QED) is 0.817. The number of hydrogen-bond donors (Lipinski definition) is 2. The van der Waals surface area contributed by atoms with E-state index in [0.29, 0.717) is 11.4 Å². The maximum absolute atomic E-state index is 12.2. The van der Waals surface area contributed by atoms with Gasteiger partial charge in [0.1, 0.15) is 0 Å². The van der Waals surface area contributed by atoms with Crippen LogP contribution in [0.5, 0.6) is 0 Å². The van der Waals surface area contributed by atoms with Crippen LogP contribution in [0.2, 0.25) is 0 Å². The summed E-state index contributed by atoms with van der Waals surface area (Å²) in [6.07, 6.45) is 2.12. The van der Waals surface area contributed by atoms with Crippen LogP contribution < -0.4 is 16.2 Å². The molecule has 8 heteroatoms. The summed E-state index contributed by atoms with van der Waals surface area (Å²) in [6.45, 7) is 0.212. The van der Waals surface area contributed by atoms with Crippen LogP contribution in [0.1, 0.15) is 12.8 Å². The second-order valence-electron chi connectivity index (χ2n) is 5.41. The molecule has 2 aromatic rings. The van der Waals surface area contributed by atoms with E-state index in [2.05, 4.69) is 4.72 Å². The fourth-order valence-electron chi connectivity index (χ4n) is 2.26. The molecule has 0 bridgehead atoms. The number of hydrogen-bond acceptors (Lipinski definition) is 5. The molecule has 0 amide bonds. The Bertz CT molecular complexity index is 833. The number of nitrogens with one attached hydrogen (secondary N) is 1. The Balaban J connectivity index is 1.85. The zero-order chi connectivity index (χ0) is 15.2. The highest BCUT2D eigenvalue weighted by Crippen LogP contribution is 2.31. The van der Waals surface area contributed by atoms with Gasteiger partial charge < -0.3 is 10.2 Å². The monoisotopic (exact) mass is 311 g/mol. The van der Waals surface area contributed by atoms with Crippen molar-refractivity contribution in [2.45, 2.75) is 23.8 Å². The topological polar surface area (TPSA) is 107 Å². The van der Waals surface area contributed by atoms with Crippen LogP contribution in [0.15, 0.2) is 32.3 Å². The number of aryl methyl sites for hydroxylation is 1. The van der Waals surface area contributed by atoms with Crippen molar-refractivity contribution in [1.82, 2.24) is 9.29 Å². The SMILES string of the molecule is Cn1c(=O)oc2cc(S(=O)(=O)NCC(N)C3CC3)ccc21. The third-order valence-corrected chi connectivity index (χ3v) is 5.23. The number of oxazole rings is 1. The highest BCUT2D eigenvalue weighted by atomic mass is 32.2. The van der Waals surface area contributed by atoms with E-state index in [1.165, 1.54) is 16.7 Å². The molecule has 1 aromatic carbocycles. The molecular formula is C13H17N3O4S. The Hall–Kier alpha value is -1.64. The maximum Gasteiger partial charge on any atom is 0.419 e. The molecule has 1 aliphatic carbocycles. The molecule has 3 N–H and O–H groups in total. The van der Waals surface area contributed by atoms with Gasteiger partial charge in [-0.15, -0.1) is 0 Å². The first-order valence-corrected chi connectivity index (χ1v) is 8.21. The molecule has 1 heterocycles. The van der Waals surface area contributed by atoms with Crippen LogP contribution in [0.25, 0.3) is 11.1 Å². The third kappa shape index (κ3) is 2.74. The summed E-state index contributed by atoms with van der Waals surface area (Å²) < 4.78 is 33.3. The third-order valence-electron chi connectivity index (χ3n) is 3.81. The average molecular weight is 311 g/mol. The minimum atomic E-state index is -3.66. The summed E-state index contributed by atoms with van der Waals surface area (Å²) in [5, 5.41) is 0. The number of nitrogens with two attached hydrogens (primary N) is 1. The van der Waals surface area contributed by atoms with Gasteiger partial charge in [0.2, 0.25) is 10.0 Å². The second kappa shape index (κ2) is 4.97. The molecule has 1 unspecified atom stereocenters. The first-order valence-electron chi connectivity index (χ1n) is 6.73. The molecule has 0 saturated heterocycles. The lowest BCUT2D eigenvalue weighted by atomic mass is 10.2. The molecule has 21 heavy (non-hydrogen) atoms. The van der Waals surface area contributed by atoms with Crippen LogP contribution in [0, 0.1) is 5.92 Å². The van der Waals surface area contributed by atoms with E-state index in [4.69, 9.17) is 10.2 Å². The lowest BCUT2D eigenvalue weighted by Gasteiger charge is -2.12. The summed E-state index contributed by atoms with van der Waals surface area (Å²) in [7, 11) is -2.09. The number of sulfonamides is 1. The summed E-state index contributed by atoms with van der Waals surface area (Å²) in [6, 6.07) is 4.19. The molecule has 1 saturated carbocycles. The lowest BCUT2D eigenvalue weighted by molar-refractivity contribution is 0.526. The summed E-state index contributed by atoms with van der Waals surface area (Å²) >= 11 is 0. The number of benzene rings is 1. The van der Waals surface area contributed by atoms with E-state index >= 15 is 0 Å². The number of aromatic nitrogens is 1. The number of rotatable bonds is 5. The highest BCUT2D eigenvalue weighted by Gasteiger charge is 2.29. The van der Waals surface area contributed by atoms with Crippen molar-refractivity contribution in [1.29, 1.82) is 0 Å². The van der Waals surface area contributed by atoms with E-state index in [9.17, 15) is 13.2 Å². The van der Waals surface area contributed by atoms with Gasteiger partial charge in [-0.2, -0.15) is 0 Å². The normalized spacial score (nSPS) is 17.2. The average Bonchev–Trinajstić information content (AvgIpc) is 3.24. The predicted octanol–water partition coefficient (Wildman–Crippen LogP) is 0.147. The van der Waals surface area contributed by atoms with Crippen LogP contribution in [0.4, 0.5) is 0 Å². The van der Waals surface area contributed by atoms with E-state index in [0.717, 1.165) is 12.8 Å². The van der Waals surface area contributed by atoms with Crippen molar-refractivity contribution >= 4 is 21.1 Å². The smallest absolute Gasteiger partial charge is 0.408 e. The molecule has 0 radical (unpaired) electrons. The number of nitrogens with zero attached hydrogens (tertiary/aromatic N) is 1. The lowest BCUT2D eigenvalue weighted by Crippen LogP contribution is -2.38. The molecule has 0 spiro atoms. The molecule has 1 aromatic heterocycles. The van der Waals surface area contributed by atoms with Crippen LogP contribution in [0.3, 0.4) is 0 Å². The van der Waals surface area contributed by atoms with E-state index in [-0.39, 0.29) is 23.1 Å². The van der Waals surface area contributed by atoms with Gasteiger partial charge in [-0.1, -0.05) is 0 Å². The Morgan fingerprint density at radius 2 is 2.19 bits per heavy atom. The van der Waals surface area contributed by atoms with Crippen molar-refractivity contribution in [3.63, 3.8) is 0 Å². The predicted molar refractivity (Wildman–Crippen MR) is 77.3 cm³/mol. The van der Waals surface area contributed by atoms with Gasteiger partial charge in [-0.25, -0.2) is 17.9 Å². The van der Waals surface area contributed by atoms with E-state index in [1.807, 2.05) is 0 Å². The maximum atomic E-state index is 12.2. The Labute approximate surface area is 121 Å². The largest absolute Gasteiger partial charge is 0.419 e. The Kier molecular flexibility index (Phi) is 3.39. The van der Waals surface area contributed by atoms with Crippen molar-refractivity contribution < 1.29 is 12.8 Å². The van der Waals surface area contributed by atoms with Crippen molar-refractivity contribution in [2.75, 3.05) is 6.54 Å². The molecule has 1 aliphatic rings. The summed E-state index contributed by atoms with van der Waals surface area (Å²) in [4.78, 5) is 11.5. The molecular weight excluding hydrogens is 294 g/mol. The molecule has 0 aliphatic heterocycles. The van der Waals surface area contributed by atoms with Crippen molar-refractivity contribution in [3.05, 3.63) is 28.7 Å². The Morgan fingerprint density at radius 3 is 2.86 bits per heavy atom. The fourth-order valence-corrected chi connectivity index (χ4v) is 3.35. The van der Waals surface area contributed by atoms with Crippen LogP contribution in [-0.2, 0) is 17.1 Å². The fraction of sp³-hybridized carbons (Fsp3) is 0.462. The molecule has 1 fully saturated rings. The summed E-state index contributed by atoms with van der Waals surface area (Å²) in [5.74, 6) is -0.106. The molecule has 1 atom stereocenters. The standard InChI is InChI=1S/C13H17N3O4S/c1-16-11-5-4-9(6-12(11)20-13(16)17)21(18,19)15-7-10(14)8-2-3-8/h4-6,8,10,15H,2-3,7,14H2,1H3. The van der Waals surface area contributed by atoms with Crippen molar-refractivity contribution in [2.24, 2.45) is 18.7 Å². The van der Waals surface area contributed by atoms with Gasteiger partial charge in [0.15, 0.2) is 5.58 Å². The summed E-state index contributed by atoms with van der Waals surface area (Å²) in [5.41, 5.74) is 6.68. The number of fused-ring (bicyclic) bond motifs is 1. The van der Waals surface area contributed by atoms with E-state index in [1.54, 1.807) is 13.1 Å². The molecule has 3 rings (SSSR count). The van der Waals surface area contributed by atoms with Gasteiger partial charge in [-0.3, -0.25) is 4.57 Å². The minimum Gasteiger partial charge on any atom is -0.408 e. The van der Waals surface area contributed by atoms with Gasteiger partial charge in [0.05, 0.1) is 10.4 Å². The zero-order valence-electron chi connectivity index (χ0n) is 11.6. The van der Waals surface area contributed by atoms with Crippen LogP contribution >= 0.6 is 0 Å². The molecule has 114 valence electrons. The second-order valence-corrected chi connectivity index (χ2v) is 7.18. The minimum absolute atomic E-state index is 0.0624. The van der Waals surface area contributed by atoms with Crippen LogP contribution in [-0.4, -0.2) is 25.6 Å². The van der Waals surface area contributed by atoms with Gasteiger partial charge in [0.25, 0.3) is 0 Å². The first kappa shape index (κ1) is 14.3. The zero-order valence-corrected chi connectivity index (χ0v) is 12.4.